The van der Waals surface area contributed by atoms with E-state index in [0.717, 1.165) is 36.7 Å². The van der Waals surface area contributed by atoms with Crippen LogP contribution in [0.2, 0.25) is 0 Å². The molecule has 1 unspecified atom stereocenters. The van der Waals surface area contributed by atoms with Gasteiger partial charge in [0.15, 0.2) is 0 Å². The lowest BCUT2D eigenvalue weighted by Gasteiger charge is -2.07. The normalized spacial score (nSPS) is 17.6. The smallest absolute Gasteiger partial charge is 0.129 e. The Labute approximate surface area is 101 Å². The van der Waals surface area contributed by atoms with Gasteiger partial charge in [-0.1, -0.05) is 0 Å². The Morgan fingerprint density at radius 2 is 2.29 bits per heavy atom. The Hall–Kier alpha value is -1.26. The van der Waals surface area contributed by atoms with E-state index in [1.165, 1.54) is 0 Å². The molecule has 4 heteroatoms. The Bertz CT molecular complexity index is 364. The Balaban J connectivity index is 1.82. The molecule has 1 N–H and O–H groups in total. The number of fused-ring (bicyclic) bond motifs is 1. The van der Waals surface area contributed by atoms with Crippen molar-refractivity contribution in [2.45, 2.75) is 19.4 Å². The summed E-state index contributed by atoms with van der Waals surface area (Å²) >= 11 is 0. The number of hydrogen-bond donors (Lipinski definition) is 1. The SMILES string of the molecule is CCOCCCOc1ccc2c(c1)OCC2O. The maximum absolute atomic E-state index is 9.56. The van der Waals surface area contributed by atoms with E-state index in [-0.39, 0.29) is 0 Å². The van der Waals surface area contributed by atoms with E-state index in [9.17, 15) is 5.11 Å². The third-order valence-electron chi connectivity index (χ3n) is 2.65. The second-order valence-electron chi connectivity index (χ2n) is 3.93. The Morgan fingerprint density at radius 3 is 3.12 bits per heavy atom. The lowest BCUT2D eigenvalue weighted by molar-refractivity contribution is 0.130. The molecule has 17 heavy (non-hydrogen) atoms. The molecule has 0 saturated carbocycles. The van der Waals surface area contributed by atoms with Crippen molar-refractivity contribution >= 4 is 0 Å². The van der Waals surface area contributed by atoms with Crippen molar-refractivity contribution in [1.82, 2.24) is 0 Å². The molecule has 1 aliphatic heterocycles. The van der Waals surface area contributed by atoms with Crippen LogP contribution < -0.4 is 9.47 Å². The van der Waals surface area contributed by atoms with E-state index in [4.69, 9.17) is 14.2 Å². The molecular weight excluding hydrogens is 220 g/mol. The van der Waals surface area contributed by atoms with E-state index in [1.54, 1.807) is 0 Å². The molecule has 4 nitrogen and oxygen atoms in total. The summed E-state index contributed by atoms with van der Waals surface area (Å²) in [6.07, 6.45) is 0.367. The monoisotopic (exact) mass is 238 g/mol. The van der Waals surface area contributed by atoms with Gasteiger partial charge in [-0.15, -0.1) is 0 Å². The first-order valence-corrected chi connectivity index (χ1v) is 5.96. The number of aliphatic hydroxyl groups excluding tert-OH is 1. The molecule has 1 heterocycles. The van der Waals surface area contributed by atoms with Gasteiger partial charge in [-0.25, -0.2) is 0 Å². The predicted molar refractivity (Wildman–Crippen MR) is 63.5 cm³/mol. The summed E-state index contributed by atoms with van der Waals surface area (Å²) in [6, 6.07) is 5.54. The Kier molecular flexibility index (Phi) is 4.23. The quantitative estimate of drug-likeness (QED) is 0.769. The third-order valence-corrected chi connectivity index (χ3v) is 2.65. The van der Waals surface area contributed by atoms with Crippen LogP contribution in [0.4, 0.5) is 0 Å². The number of ether oxygens (including phenoxy) is 3. The molecule has 1 atom stereocenters. The van der Waals surface area contributed by atoms with Gasteiger partial charge in [0.05, 0.1) is 6.61 Å². The summed E-state index contributed by atoms with van der Waals surface area (Å²) in [6.45, 7) is 4.40. The van der Waals surface area contributed by atoms with Crippen LogP contribution in [0, 0.1) is 0 Å². The summed E-state index contributed by atoms with van der Waals surface area (Å²) in [4.78, 5) is 0. The molecular formula is C13H18O4. The van der Waals surface area contributed by atoms with Crippen molar-refractivity contribution in [2.24, 2.45) is 0 Å². The van der Waals surface area contributed by atoms with E-state index in [2.05, 4.69) is 0 Å². The molecule has 94 valence electrons. The molecule has 1 aliphatic rings. The van der Waals surface area contributed by atoms with E-state index >= 15 is 0 Å². The molecule has 0 aliphatic carbocycles. The fourth-order valence-corrected chi connectivity index (χ4v) is 1.76. The van der Waals surface area contributed by atoms with Crippen molar-refractivity contribution in [3.63, 3.8) is 0 Å². The van der Waals surface area contributed by atoms with Gasteiger partial charge in [0, 0.05) is 31.3 Å². The van der Waals surface area contributed by atoms with Crippen molar-refractivity contribution < 1.29 is 19.3 Å². The van der Waals surface area contributed by atoms with Gasteiger partial charge in [-0.2, -0.15) is 0 Å². The van der Waals surface area contributed by atoms with Gasteiger partial charge in [0.2, 0.25) is 0 Å². The molecule has 0 fully saturated rings. The molecule has 0 spiro atoms. The minimum atomic E-state index is -0.503. The van der Waals surface area contributed by atoms with Crippen molar-refractivity contribution in [3.8, 4) is 11.5 Å². The van der Waals surface area contributed by atoms with Crippen molar-refractivity contribution in [2.75, 3.05) is 26.4 Å². The molecule has 1 aromatic rings. The number of hydrogen-bond acceptors (Lipinski definition) is 4. The predicted octanol–water partition coefficient (Wildman–Crippen LogP) is 1.92. The van der Waals surface area contributed by atoms with Gasteiger partial charge in [0.1, 0.15) is 24.2 Å². The first kappa shape index (κ1) is 12.2. The van der Waals surface area contributed by atoms with Crippen LogP contribution in [-0.4, -0.2) is 31.5 Å². The van der Waals surface area contributed by atoms with Crippen LogP contribution in [0.1, 0.15) is 25.0 Å². The fourth-order valence-electron chi connectivity index (χ4n) is 1.76. The van der Waals surface area contributed by atoms with Crippen LogP contribution in [0.25, 0.3) is 0 Å². The summed E-state index contributed by atoms with van der Waals surface area (Å²) in [5.74, 6) is 1.49. The molecule has 0 radical (unpaired) electrons. The van der Waals surface area contributed by atoms with Crippen LogP contribution in [0.5, 0.6) is 11.5 Å². The first-order chi connectivity index (χ1) is 8.31. The van der Waals surface area contributed by atoms with E-state index in [0.29, 0.717) is 13.2 Å². The topological polar surface area (TPSA) is 47.9 Å². The van der Waals surface area contributed by atoms with Gasteiger partial charge >= 0.3 is 0 Å². The zero-order chi connectivity index (χ0) is 12.1. The highest BCUT2D eigenvalue weighted by Gasteiger charge is 2.21. The van der Waals surface area contributed by atoms with Gasteiger partial charge < -0.3 is 19.3 Å². The van der Waals surface area contributed by atoms with Crippen LogP contribution in [0.15, 0.2) is 18.2 Å². The summed E-state index contributed by atoms with van der Waals surface area (Å²) < 4.78 is 16.1. The van der Waals surface area contributed by atoms with Gasteiger partial charge in [0.25, 0.3) is 0 Å². The highest BCUT2D eigenvalue weighted by atomic mass is 16.5. The maximum atomic E-state index is 9.56. The Morgan fingerprint density at radius 1 is 1.41 bits per heavy atom. The van der Waals surface area contributed by atoms with E-state index < -0.39 is 6.10 Å². The van der Waals surface area contributed by atoms with Crippen molar-refractivity contribution in [1.29, 1.82) is 0 Å². The minimum Gasteiger partial charge on any atom is -0.493 e. The highest BCUT2D eigenvalue weighted by molar-refractivity contribution is 5.44. The van der Waals surface area contributed by atoms with Crippen LogP contribution in [0.3, 0.4) is 0 Å². The maximum Gasteiger partial charge on any atom is 0.129 e. The second-order valence-corrected chi connectivity index (χ2v) is 3.93. The number of aliphatic hydroxyl groups is 1. The largest absolute Gasteiger partial charge is 0.493 e. The molecule has 2 rings (SSSR count). The van der Waals surface area contributed by atoms with Gasteiger partial charge in [-0.05, 0) is 19.1 Å². The standard InChI is InChI=1S/C13H18O4/c1-2-15-6-3-7-16-10-4-5-11-12(14)9-17-13(11)8-10/h4-5,8,12,14H,2-3,6-7,9H2,1H3. The molecule has 0 amide bonds. The fraction of sp³-hybridized carbons (Fsp3) is 0.538. The average molecular weight is 238 g/mol. The summed E-state index contributed by atoms with van der Waals surface area (Å²) in [5.41, 5.74) is 0.840. The zero-order valence-electron chi connectivity index (χ0n) is 10.0. The third kappa shape index (κ3) is 3.11. The zero-order valence-corrected chi connectivity index (χ0v) is 10.0. The number of benzene rings is 1. The van der Waals surface area contributed by atoms with Gasteiger partial charge in [-0.3, -0.25) is 0 Å². The molecule has 0 saturated heterocycles. The average Bonchev–Trinajstić information content (AvgIpc) is 2.71. The van der Waals surface area contributed by atoms with E-state index in [1.807, 2.05) is 25.1 Å². The molecule has 1 aromatic carbocycles. The lowest BCUT2D eigenvalue weighted by Crippen LogP contribution is -2.02. The molecule has 0 aromatic heterocycles. The van der Waals surface area contributed by atoms with Crippen LogP contribution >= 0.6 is 0 Å². The lowest BCUT2D eigenvalue weighted by atomic mass is 10.1. The summed E-state index contributed by atoms with van der Waals surface area (Å²) in [7, 11) is 0. The second kappa shape index (κ2) is 5.89. The molecule has 0 bridgehead atoms. The summed E-state index contributed by atoms with van der Waals surface area (Å²) in [5, 5.41) is 9.56. The highest BCUT2D eigenvalue weighted by Crippen LogP contribution is 2.34. The van der Waals surface area contributed by atoms with Crippen molar-refractivity contribution in [3.05, 3.63) is 23.8 Å². The minimum absolute atomic E-state index is 0.336. The van der Waals surface area contributed by atoms with Crippen LogP contribution in [-0.2, 0) is 4.74 Å². The number of rotatable bonds is 6. The first-order valence-electron chi connectivity index (χ1n) is 5.96.